The Labute approximate surface area is 87.7 Å². The van der Waals surface area contributed by atoms with Crippen LogP contribution < -0.4 is 0 Å². The largest absolute Gasteiger partial charge is 0.294 e. The van der Waals surface area contributed by atoms with Gasteiger partial charge in [0.1, 0.15) is 0 Å². The first kappa shape index (κ1) is 11.9. The molecule has 0 aliphatic carbocycles. The van der Waals surface area contributed by atoms with Gasteiger partial charge in [-0.15, -0.1) is 0 Å². The van der Waals surface area contributed by atoms with Crippen LogP contribution in [0.1, 0.15) is 0 Å². The highest BCUT2D eigenvalue weighted by molar-refractivity contribution is 7.94. The highest BCUT2D eigenvalue weighted by atomic mass is 32.2. The molecule has 0 aliphatic heterocycles. The van der Waals surface area contributed by atoms with Crippen LogP contribution in [-0.2, 0) is 20.0 Å². The summed E-state index contributed by atoms with van der Waals surface area (Å²) in [4.78, 5) is -0.615. The lowest BCUT2D eigenvalue weighted by molar-refractivity contribution is 0.483. The van der Waals surface area contributed by atoms with Gasteiger partial charge in [-0.05, 0) is 18.2 Å². The molecule has 0 spiro atoms. The fourth-order valence-electron chi connectivity index (χ4n) is 0.824. The van der Waals surface area contributed by atoms with Crippen LogP contribution in [0.5, 0.6) is 0 Å². The molecule has 0 aromatic heterocycles. The molecule has 0 saturated heterocycles. The van der Waals surface area contributed by atoms with Crippen molar-refractivity contribution in [3.05, 3.63) is 36.3 Å². The quantitative estimate of drug-likeness (QED) is 0.792. The minimum atomic E-state index is -4.32. The van der Waals surface area contributed by atoms with E-state index in [-0.39, 0.29) is 4.90 Å². The van der Waals surface area contributed by atoms with Crippen molar-refractivity contribution in [2.24, 2.45) is 0 Å². The number of sulfone groups is 1. The van der Waals surface area contributed by atoms with E-state index >= 15 is 0 Å². The SMILES string of the molecule is C=CS(=O)(=O)c1[c]cc(S(=O)(=O)O)cc1. The van der Waals surface area contributed by atoms with Crippen molar-refractivity contribution >= 4 is 20.0 Å². The topological polar surface area (TPSA) is 88.5 Å². The molecular weight excluding hydrogens is 240 g/mol. The Hall–Kier alpha value is -1.18. The van der Waals surface area contributed by atoms with Gasteiger partial charge in [0.15, 0.2) is 9.84 Å². The van der Waals surface area contributed by atoms with Crippen LogP contribution in [0.15, 0.2) is 40.0 Å². The van der Waals surface area contributed by atoms with Gasteiger partial charge in [0.25, 0.3) is 10.1 Å². The maximum Gasteiger partial charge on any atom is 0.294 e. The number of hydrogen-bond acceptors (Lipinski definition) is 4. The predicted molar refractivity (Wildman–Crippen MR) is 52.5 cm³/mol. The maximum atomic E-state index is 11.2. The van der Waals surface area contributed by atoms with Crippen molar-refractivity contribution in [2.45, 2.75) is 9.79 Å². The van der Waals surface area contributed by atoms with Crippen LogP contribution in [0, 0.1) is 6.07 Å². The van der Waals surface area contributed by atoms with Crippen molar-refractivity contribution in [3.63, 3.8) is 0 Å². The second kappa shape index (κ2) is 3.76. The fraction of sp³-hybridized carbons (Fsp3) is 0. The molecule has 0 fully saturated rings. The van der Waals surface area contributed by atoms with E-state index in [1.807, 2.05) is 0 Å². The van der Waals surface area contributed by atoms with Crippen molar-refractivity contribution in [1.29, 1.82) is 0 Å². The van der Waals surface area contributed by atoms with Crippen molar-refractivity contribution < 1.29 is 21.4 Å². The lowest BCUT2D eigenvalue weighted by Gasteiger charge is -1.99. The first-order valence-electron chi connectivity index (χ1n) is 3.64. The Morgan fingerprint density at radius 2 is 1.87 bits per heavy atom. The predicted octanol–water partition coefficient (Wildman–Crippen LogP) is 0.651. The Morgan fingerprint density at radius 3 is 2.20 bits per heavy atom. The monoisotopic (exact) mass is 247 g/mol. The molecule has 0 bridgehead atoms. The zero-order valence-corrected chi connectivity index (χ0v) is 9.05. The van der Waals surface area contributed by atoms with Gasteiger partial charge in [0, 0.05) is 11.5 Å². The van der Waals surface area contributed by atoms with E-state index in [2.05, 4.69) is 12.6 Å². The van der Waals surface area contributed by atoms with Crippen LogP contribution in [0.4, 0.5) is 0 Å². The van der Waals surface area contributed by atoms with E-state index in [1.165, 1.54) is 0 Å². The van der Waals surface area contributed by atoms with Gasteiger partial charge < -0.3 is 0 Å². The summed E-state index contributed by atoms with van der Waals surface area (Å²) in [6.45, 7) is 3.10. The lowest BCUT2D eigenvalue weighted by atomic mass is 10.4. The van der Waals surface area contributed by atoms with Gasteiger partial charge >= 0.3 is 0 Å². The number of benzene rings is 1. The van der Waals surface area contributed by atoms with E-state index in [9.17, 15) is 16.8 Å². The summed E-state index contributed by atoms with van der Waals surface area (Å²) in [5.74, 6) is 0. The molecule has 1 aromatic carbocycles. The normalized spacial score (nSPS) is 12.3. The third-order valence-corrected chi connectivity index (χ3v) is 3.73. The summed E-state index contributed by atoms with van der Waals surface area (Å²) in [5, 5.41) is 0.728. The molecule has 7 heteroatoms. The molecule has 81 valence electrons. The van der Waals surface area contributed by atoms with Crippen LogP contribution >= 0.6 is 0 Å². The maximum absolute atomic E-state index is 11.2. The number of rotatable bonds is 3. The average Bonchev–Trinajstić information content (AvgIpc) is 2.17. The second-order valence-corrected chi connectivity index (χ2v) is 5.86. The Morgan fingerprint density at radius 1 is 1.27 bits per heavy atom. The summed E-state index contributed by atoms with van der Waals surface area (Å²) >= 11 is 0. The molecule has 0 heterocycles. The van der Waals surface area contributed by atoms with Gasteiger partial charge in [-0.1, -0.05) is 6.58 Å². The standard InChI is InChI=1S/C8H7O5S2/c1-2-14(9,10)7-3-5-8(6-4-7)15(11,12)13/h2-3,5-6H,1H2,(H,11,12,13). The lowest BCUT2D eigenvalue weighted by Crippen LogP contribution is -2.00. The van der Waals surface area contributed by atoms with Crippen LogP contribution in [0.3, 0.4) is 0 Å². The van der Waals surface area contributed by atoms with Gasteiger partial charge in [0.05, 0.1) is 9.79 Å². The van der Waals surface area contributed by atoms with Gasteiger partial charge in [-0.3, -0.25) is 4.55 Å². The summed E-state index contributed by atoms with van der Waals surface area (Å²) in [5.41, 5.74) is 0. The Balaban J connectivity index is 3.29. The Bertz CT molecular complexity index is 566. The van der Waals surface area contributed by atoms with Crippen molar-refractivity contribution in [1.82, 2.24) is 0 Å². The van der Waals surface area contributed by atoms with Crippen LogP contribution in [0.25, 0.3) is 0 Å². The fourth-order valence-corrected chi connectivity index (χ4v) is 1.93. The third kappa shape index (κ3) is 2.65. The van der Waals surface area contributed by atoms with Gasteiger partial charge in [-0.25, -0.2) is 8.42 Å². The minimum Gasteiger partial charge on any atom is -0.282 e. The van der Waals surface area contributed by atoms with E-state index in [0.717, 1.165) is 23.6 Å². The molecule has 1 radical (unpaired) electrons. The van der Waals surface area contributed by atoms with Crippen molar-refractivity contribution in [3.8, 4) is 0 Å². The molecule has 1 aromatic rings. The zero-order valence-electron chi connectivity index (χ0n) is 7.41. The third-order valence-electron chi connectivity index (χ3n) is 1.58. The molecule has 5 nitrogen and oxygen atoms in total. The molecule has 0 atom stereocenters. The molecule has 0 unspecified atom stereocenters. The molecule has 1 N–H and O–H groups in total. The summed E-state index contributed by atoms with van der Waals surface area (Å²) < 4.78 is 52.3. The Kier molecular flexibility index (Phi) is 2.98. The van der Waals surface area contributed by atoms with Crippen LogP contribution in [0.2, 0.25) is 0 Å². The summed E-state index contributed by atoms with van der Waals surface area (Å²) in [7, 11) is -7.95. The molecule has 1 rings (SSSR count). The van der Waals surface area contributed by atoms with Crippen LogP contribution in [-0.4, -0.2) is 21.4 Å². The molecule has 0 amide bonds. The summed E-state index contributed by atoms with van der Waals surface area (Å²) in [6, 6.07) is 5.12. The highest BCUT2D eigenvalue weighted by Gasteiger charge is 2.13. The second-order valence-electron chi connectivity index (χ2n) is 2.58. The van der Waals surface area contributed by atoms with E-state index in [4.69, 9.17) is 4.55 Å². The highest BCUT2D eigenvalue weighted by Crippen LogP contribution is 2.14. The minimum absolute atomic E-state index is 0.204. The summed E-state index contributed by atoms with van der Waals surface area (Å²) in [6.07, 6.45) is 0. The average molecular weight is 247 g/mol. The molecule has 0 saturated carbocycles. The first-order chi connectivity index (χ1) is 6.77. The van der Waals surface area contributed by atoms with Crippen molar-refractivity contribution in [2.75, 3.05) is 0 Å². The number of hydrogen-bond donors (Lipinski definition) is 1. The molecule has 15 heavy (non-hydrogen) atoms. The van der Waals surface area contributed by atoms with E-state index in [1.54, 1.807) is 0 Å². The molecular formula is C8H7O5S2. The smallest absolute Gasteiger partial charge is 0.282 e. The van der Waals surface area contributed by atoms with E-state index < -0.39 is 24.9 Å². The molecule has 0 aliphatic rings. The first-order valence-corrected chi connectivity index (χ1v) is 6.63. The van der Waals surface area contributed by atoms with E-state index in [0.29, 0.717) is 0 Å². The van der Waals surface area contributed by atoms with Gasteiger partial charge in [-0.2, -0.15) is 8.42 Å². The zero-order chi connectivity index (χ0) is 11.7. The van der Waals surface area contributed by atoms with Gasteiger partial charge in [0.2, 0.25) is 0 Å².